The van der Waals surface area contributed by atoms with Crippen LogP contribution in [0.25, 0.3) is 0 Å². The van der Waals surface area contributed by atoms with E-state index in [2.05, 4.69) is 52.4 Å². The van der Waals surface area contributed by atoms with Crippen molar-refractivity contribution in [3.05, 3.63) is 24.4 Å². The smallest absolute Gasteiger partial charge is 0.0746 e. The maximum Gasteiger partial charge on any atom is 0.0746 e. The molecule has 0 rings (SSSR count). The van der Waals surface area contributed by atoms with Crippen molar-refractivity contribution in [2.24, 2.45) is 17.8 Å². The van der Waals surface area contributed by atoms with E-state index in [0.29, 0.717) is 17.8 Å². The number of allylic oxidation sites excluding steroid dienone is 2. The zero-order valence-electron chi connectivity index (χ0n) is 15.5. The van der Waals surface area contributed by atoms with E-state index in [1.807, 2.05) is 18.7 Å². The predicted octanol–water partition coefficient (Wildman–Crippen LogP) is 4.86. The van der Waals surface area contributed by atoms with Crippen molar-refractivity contribution in [3.63, 3.8) is 0 Å². The molecular weight excluding hydrogens is 290 g/mol. The van der Waals surface area contributed by atoms with Crippen molar-refractivity contribution in [2.45, 2.75) is 66.0 Å². The minimum absolute atomic E-state index is 0.0750. The maximum absolute atomic E-state index is 10.6. The number of thioether (sulfide) groups is 1. The summed E-state index contributed by atoms with van der Waals surface area (Å²) in [5.74, 6) is 2.47. The molecule has 22 heavy (non-hydrogen) atoms. The topological polar surface area (TPSA) is 32.3 Å². The molecule has 0 aromatic heterocycles. The van der Waals surface area contributed by atoms with Gasteiger partial charge in [-0.15, -0.1) is 0 Å². The maximum atomic E-state index is 10.6. The summed E-state index contributed by atoms with van der Waals surface area (Å²) in [6.45, 7) is 19.0. The fraction of sp³-hybridized carbons (Fsp3) is 0.789. The number of aliphatic hydroxyl groups excluding tert-OH is 1. The van der Waals surface area contributed by atoms with Gasteiger partial charge >= 0.3 is 0 Å². The highest BCUT2D eigenvalue weighted by Gasteiger charge is 2.24. The van der Waals surface area contributed by atoms with Crippen LogP contribution in [0.3, 0.4) is 0 Å². The van der Waals surface area contributed by atoms with E-state index in [1.165, 1.54) is 0 Å². The third kappa shape index (κ3) is 8.89. The lowest BCUT2D eigenvalue weighted by Gasteiger charge is -2.31. The van der Waals surface area contributed by atoms with Crippen LogP contribution in [-0.2, 0) is 0 Å². The zero-order valence-corrected chi connectivity index (χ0v) is 16.3. The summed E-state index contributed by atoms with van der Waals surface area (Å²) in [6.07, 6.45) is 4.61. The van der Waals surface area contributed by atoms with Gasteiger partial charge in [-0.05, 0) is 55.9 Å². The molecule has 0 heterocycles. The van der Waals surface area contributed by atoms with Crippen LogP contribution < -0.4 is 5.32 Å². The van der Waals surface area contributed by atoms with Crippen LogP contribution in [0.15, 0.2) is 24.4 Å². The SMILES string of the molecule is C=C(C)C(C)CC(O)[C@H](CC(C)C)NC(=C)C(C)CCSC. The number of aliphatic hydroxyl groups is 1. The number of hydrogen-bond donors (Lipinski definition) is 2. The Kier molecular flexibility index (Phi) is 11.0. The highest BCUT2D eigenvalue weighted by Crippen LogP contribution is 2.21. The molecule has 0 aliphatic heterocycles. The first-order chi connectivity index (χ1) is 10.2. The lowest BCUT2D eigenvalue weighted by molar-refractivity contribution is 0.100. The second kappa shape index (κ2) is 11.2. The van der Waals surface area contributed by atoms with E-state index in [9.17, 15) is 5.11 Å². The summed E-state index contributed by atoms with van der Waals surface area (Å²) >= 11 is 1.87. The largest absolute Gasteiger partial charge is 0.391 e. The Morgan fingerprint density at radius 3 is 2.14 bits per heavy atom. The molecule has 0 aromatic carbocycles. The van der Waals surface area contributed by atoms with Gasteiger partial charge in [0.2, 0.25) is 0 Å². The molecule has 0 radical (unpaired) electrons. The Morgan fingerprint density at radius 1 is 1.09 bits per heavy atom. The summed E-state index contributed by atoms with van der Waals surface area (Å²) in [5, 5.41) is 14.2. The third-order valence-corrected chi connectivity index (χ3v) is 4.99. The monoisotopic (exact) mass is 327 g/mol. The zero-order chi connectivity index (χ0) is 17.3. The molecule has 0 aliphatic carbocycles. The quantitative estimate of drug-likeness (QED) is 0.502. The van der Waals surface area contributed by atoms with E-state index >= 15 is 0 Å². The van der Waals surface area contributed by atoms with Crippen LogP contribution in [0.2, 0.25) is 0 Å². The highest BCUT2D eigenvalue weighted by atomic mass is 32.2. The van der Waals surface area contributed by atoms with Gasteiger partial charge in [-0.2, -0.15) is 11.8 Å². The van der Waals surface area contributed by atoms with Crippen molar-refractivity contribution >= 4 is 11.8 Å². The summed E-state index contributed by atoms with van der Waals surface area (Å²) in [4.78, 5) is 0. The van der Waals surface area contributed by atoms with E-state index in [0.717, 1.165) is 36.3 Å². The molecule has 3 heteroatoms. The Morgan fingerprint density at radius 2 is 1.68 bits per heavy atom. The van der Waals surface area contributed by atoms with Gasteiger partial charge in [0.15, 0.2) is 0 Å². The third-order valence-electron chi connectivity index (χ3n) is 4.35. The summed E-state index contributed by atoms with van der Waals surface area (Å²) in [6, 6.07) is 0.0750. The molecule has 0 aliphatic rings. The van der Waals surface area contributed by atoms with Gasteiger partial charge in [-0.3, -0.25) is 0 Å². The molecular formula is C19H37NOS. The standard InChI is InChI=1S/C19H37NOS/c1-13(2)11-18(19(21)12-16(6)14(3)4)20-17(7)15(5)9-10-22-8/h13,15-16,18-21H,3,7,9-12H2,1-2,4-6,8H3/t15?,16?,18-,19?/m0/s1. The normalized spacial score (nSPS) is 16.9. The second-order valence-corrected chi connectivity index (χ2v) is 8.12. The molecule has 0 fully saturated rings. The molecule has 0 saturated carbocycles. The molecule has 130 valence electrons. The Balaban J connectivity index is 4.68. The van der Waals surface area contributed by atoms with E-state index in [-0.39, 0.29) is 12.1 Å². The molecule has 0 saturated heterocycles. The van der Waals surface area contributed by atoms with Crippen LogP contribution in [0, 0.1) is 17.8 Å². The van der Waals surface area contributed by atoms with Crippen LogP contribution in [0.4, 0.5) is 0 Å². The molecule has 4 atom stereocenters. The van der Waals surface area contributed by atoms with Crippen LogP contribution in [-0.4, -0.2) is 29.3 Å². The van der Waals surface area contributed by atoms with Gasteiger partial charge in [-0.1, -0.05) is 46.4 Å². The van der Waals surface area contributed by atoms with Gasteiger partial charge < -0.3 is 10.4 Å². The van der Waals surface area contributed by atoms with Crippen molar-refractivity contribution < 1.29 is 5.11 Å². The number of hydrogen-bond acceptors (Lipinski definition) is 3. The number of nitrogens with one attached hydrogen (secondary N) is 1. The lowest BCUT2D eigenvalue weighted by atomic mass is 9.89. The minimum Gasteiger partial charge on any atom is -0.391 e. The van der Waals surface area contributed by atoms with Gasteiger partial charge in [-0.25, -0.2) is 0 Å². The Labute approximate surface area is 142 Å². The molecule has 0 amide bonds. The van der Waals surface area contributed by atoms with Gasteiger partial charge in [0.05, 0.1) is 12.1 Å². The first-order valence-corrected chi connectivity index (χ1v) is 9.86. The molecule has 3 unspecified atom stereocenters. The summed E-state index contributed by atoms with van der Waals surface area (Å²) in [5.41, 5.74) is 2.19. The molecule has 2 nitrogen and oxygen atoms in total. The fourth-order valence-corrected chi connectivity index (χ4v) is 2.99. The average Bonchev–Trinajstić information content (AvgIpc) is 2.42. The van der Waals surface area contributed by atoms with Gasteiger partial charge in [0, 0.05) is 5.70 Å². The lowest BCUT2D eigenvalue weighted by Crippen LogP contribution is -2.42. The molecule has 0 spiro atoms. The molecule has 0 aromatic rings. The van der Waals surface area contributed by atoms with Crippen LogP contribution in [0.5, 0.6) is 0 Å². The van der Waals surface area contributed by atoms with E-state index < -0.39 is 0 Å². The second-order valence-electron chi connectivity index (χ2n) is 7.14. The van der Waals surface area contributed by atoms with E-state index in [1.54, 1.807) is 0 Å². The van der Waals surface area contributed by atoms with E-state index in [4.69, 9.17) is 0 Å². The average molecular weight is 328 g/mol. The summed E-state index contributed by atoms with van der Waals surface area (Å²) in [7, 11) is 0. The minimum atomic E-state index is -0.362. The summed E-state index contributed by atoms with van der Waals surface area (Å²) < 4.78 is 0. The molecule has 2 N–H and O–H groups in total. The predicted molar refractivity (Wildman–Crippen MR) is 102 cm³/mol. The van der Waals surface area contributed by atoms with Crippen molar-refractivity contribution in [3.8, 4) is 0 Å². The highest BCUT2D eigenvalue weighted by molar-refractivity contribution is 7.98. The van der Waals surface area contributed by atoms with Crippen LogP contribution in [0.1, 0.15) is 53.9 Å². The van der Waals surface area contributed by atoms with Crippen LogP contribution >= 0.6 is 11.8 Å². The van der Waals surface area contributed by atoms with Crippen molar-refractivity contribution in [1.82, 2.24) is 5.32 Å². The van der Waals surface area contributed by atoms with Gasteiger partial charge in [0.1, 0.15) is 0 Å². The van der Waals surface area contributed by atoms with Crippen molar-refractivity contribution in [1.29, 1.82) is 0 Å². The van der Waals surface area contributed by atoms with Crippen molar-refractivity contribution in [2.75, 3.05) is 12.0 Å². The fourth-order valence-electron chi connectivity index (χ4n) is 2.40. The molecule has 0 bridgehead atoms. The first kappa shape index (κ1) is 21.6. The Hall–Kier alpha value is -0.410. The first-order valence-electron chi connectivity index (χ1n) is 8.46. The van der Waals surface area contributed by atoms with Gasteiger partial charge in [0.25, 0.3) is 0 Å². The number of rotatable bonds is 12. The Bertz CT molecular complexity index is 340.